The summed E-state index contributed by atoms with van der Waals surface area (Å²) in [6, 6.07) is 1.14. The van der Waals surface area contributed by atoms with Gasteiger partial charge in [-0.1, -0.05) is 6.42 Å². The Morgan fingerprint density at radius 2 is 2.35 bits per heavy atom. The van der Waals surface area contributed by atoms with Gasteiger partial charge in [0.15, 0.2) is 0 Å². The van der Waals surface area contributed by atoms with E-state index >= 15 is 0 Å². The quantitative estimate of drug-likeness (QED) is 0.875. The fourth-order valence-electron chi connectivity index (χ4n) is 2.44. The van der Waals surface area contributed by atoms with Crippen LogP contribution in [0.1, 0.15) is 44.7 Å². The molecule has 0 aromatic carbocycles. The summed E-state index contributed by atoms with van der Waals surface area (Å²) in [6.45, 7) is 5.27. The Hall–Kier alpha value is -0.480. The number of nitrogens with zero attached hydrogens (tertiary/aromatic N) is 2. The molecule has 0 spiro atoms. The lowest BCUT2D eigenvalue weighted by Gasteiger charge is -2.18. The number of hydrogen-bond acceptors (Lipinski definition) is 3. The van der Waals surface area contributed by atoms with Gasteiger partial charge in [-0.2, -0.15) is 16.9 Å². The lowest BCUT2D eigenvalue weighted by molar-refractivity contribution is 0.524. The van der Waals surface area contributed by atoms with Crippen molar-refractivity contribution in [2.45, 2.75) is 57.0 Å². The van der Waals surface area contributed by atoms with Crippen LogP contribution in [0.25, 0.3) is 0 Å². The van der Waals surface area contributed by atoms with Gasteiger partial charge in [-0.3, -0.25) is 4.68 Å². The van der Waals surface area contributed by atoms with Crippen molar-refractivity contribution < 1.29 is 0 Å². The zero-order chi connectivity index (χ0) is 12.3. The van der Waals surface area contributed by atoms with Crippen LogP contribution < -0.4 is 5.32 Å². The van der Waals surface area contributed by atoms with Crippen molar-refractivity contribution in [1.29, 1.82) is 0 Å². The van der Waals surface area contributed by atoms with Crippen LogP contribution in [0.4, 0.5) is 0 Å². The zero-order valence-electron chi connectivity index (χ0n) is 11.0. The molecule has 1 saturated carbocycles. The van der Waals surface area contributed by atoms with Crippen LogP contribution in [-0.2, 0) is 6.54 Å². The van der Waals surface area contributed by atoms with Crippen LogP contribution in [0.2, 0.25) is 0 Å². The molecule has 0 amide bonds. The van der Waals surface area contributed by atoms with Crippen LogP contribution in [0.3, 0.4) is 0 Å². The van der Waals surface area contributed by atoms with Gasteiger partial charge < -0.3 is 5.32 Å². The second-order valence-electron chi connectivity index (χ2n) is 5.11. The van der Waals surface area contributed by atoms with Gasteiger partial charge in [-0.15, -0.1) is 0 Å². The average Bonchev–Trinajstić information content (AvgIpc) is 2.95. The van der Waals surface area contributed by atoms with Gasteiger partial charge in [0.2, 0.25) is 0 Å². The maximum atomic E-state index is 4.37. The first kappa shape index (κ1) is 13.0. The highest BCUT2D eigenvalue weighted by Gasteiger charge is 2.25. The molecule has 0 bridgehead atoms. The van der Waals surface area contributed by atoms with Crippen molar-refractivity contribution in [3.05, 3.63) is 18.0 Å². The standard InChI is InChI=1S/C13H23N3S/c1-10(2)16-9-11(8-15-16)7-14-12-5-4-6-13(12)17-3/h8-10,12-14H,4-7H2,1-3H3. The van der Waals surface area contributed by atoms with Crippen LogP contribution in [0.5, 0.6) is 0 Å². The summed E-state index contributed by atoms with van der Waals surface area (Å²) in [6.07, 6.45) is 10.4. The SMILES string of the molecule is CSC1CCCC1NCc1cnn(C(C)C)c1. The van der Waals surface area contributed by atoms with Crippen molar-refractivity contribution in [3.8, 4) is 0 Å². The maximum Gasteiger partial charge on any atom is 0.0534 e. The van der Waals surface area contributed by atoms with E-state index in [0.29, 0.717) is 12.1 Å². The molecule has 2 rings (SSSR count). The third-order valence-corrected chi connectivity index (χ3v) is 4.68. The molecule has 1 aliphatic rings. The summed E-state index contributed by atoms with van der Waals surface area (Å²) in [5.74, 6) is 0. The van der Waals surface area contributed by atoms with E-state index in [0.717, 1.165) is 11.8 Å². The first-order valence-corrected chi connectivity index (χ1v) is 7.78. The highest BCUT2D eigenvalue weighted by Crippen LogP contribution is 2.28. The fraction of sp³-hybridized carbons (Fsp3) is 0.769. The summed E-state index contributed by atoms with van der Waals surface area (Å²) in [5, 5.41) is 8.85. The van der Waals surface area contributed by atoms with E-state index in [-0.39, 0.29) is 0 Å². The highest BCUT2D eigenvalue weighted by molar-refractivity contribution is 7.99. The summed E-state index contributed by atoms with van der Waals surface area (Å²) < 4.78 is 2.03. The Bertz CT molecular complexity index is 348. The van der Waals surface area contributed by atoms with Gasteiger partial charge in [-0.05, 0) is 32.9 Å². The molecule has 1 aliphatic carbocycles. The van der Waals surface area contributed by atoms with Gasteiger partial charge in [0, 0.05) is 35.6 Å². The van der Waals surface area contributed by atoms with E-state index in [9.17, 15) is 0 Å². The Balaban J connectivity index is 1.84. The number of thioether (sulfide) groups is 1. The molecule has 96 valence electrons. The van der Waals surface area contributed by atoms with Crippen molar-refractivity contribution in [1.82, 2.24) is 15.1 Å². The van der Waals surface area contributed by atoms with Crippen LogP contribution in [0.15, 0.2) is 12.4 Å². The molecule has 1 fully saturated rings. The van der Waals surface area contributed by atoms with Gasteiger partial charge >= 0.3 is 0 Å². The first-order chi connectivity index (χ1) is 8.20. The van der Waals surface area contributed by atoms with Gasteiger partial charge in [0.1, 0.15) is 0 Å². The van der Waals surface area contributed by atoms with E-state index in [1.54, 1.807) is 0 Å². The predicted molar refractivity (Wildman–Crippen MR) is 74.4 cm³/mol. The molecule has 0 saturated heterocycles. The third kappa shape index (κ3) is 3.26. The molecule has 2 unspecified atom stereocenters. The molecule has 2 atom stereocenters. The van der Waals surface area contributed by atoms with Crippen LogP contribution >= 0.6 is 11.8 Å². The van der Waals surface area contributed by atoms with E-state index in [4.69, 9.17) is 0 Å². The van der Waals surface area contributed by atoms with Crippen LogP contribution in [0, 0.1) is 0 Å². The number of aromatic nitrogens is 2. The normalized spacial score (nSPS) is 24.7. The average molecular weight is 253 g/mol. The Labute approximate surface area is 108 Å². The zero-order valence-corrected chi connectivity index (χ0v) is 11.8. The van der Waals surface area contributed by atoms with Gasteiger partial charge in [0.05, 0.1) is 6.20 Å². The maximum absolute atomic E-state index is 4.37. The van der Waals surface area contributed by atoms with Gasteiger partial charge in [-0.25, -0.2) is 0 Å². The van der Waals surface area contributed by atoms with Crippen molar-refractivity contribution >= 4 is 11.8 Å². The minimum Gasteiger partial charge on any atom is -0.309 e. The number of hydrogen-bond donors (Lipinski definition) is 1. The summed E-state index contributed by atoms with van der Waals surface area (Å²) >= 11 is 2.00. The summed E-state index contributed by atoms with van der Waals surface area (Å²) in [4.78, 5) is 0. The minimum atomic E-state index is 0.453. The summed E-state index contributed by atoms with van der Waals surface area (Å²) in [7, 11) is 0. The largest absolute Gasteiger partial charge is 0.309 e. The first-order valence-electron chi connectivity index (χ1n) is 6.50. The molecular weight excluding hydrogens is 230 g/mol. The predicted octanol–water partition coefficient (Wildman–Crippen LogP) is 2.84. The molecule has 0 radical (unpaired) electrons. The van der Waals surface area contributed by atoms with Crippen LogP contribution in [-0.4, -0.2) is 27.3 Å². The molecular formula is C13H23N3S. The number of rotatable bonds is 5. The lowest BCUT2D eigenvalue weighted by Crippen LogP contribution is -2.33. The van der Waals surface area contributed by atoms with E-state index in [1.807, 2.05) is 22.6 Å². The van der Waals surface area contributed by atoms with E-state index in [1.165, 1.54) is 24.8 Å². The minimum absolute atomic E-state index is 0.453. The molecule has 1 aromatic heterocycles. The Kier molecular flexibility index (Phi) is 4.51. The lowest BCUT2D eigenvalue weighted by atomic mass is 10.2. The molecule has 0 aliphatic heterocycles. The second-order valence-corrected chi connectivity index (χ2v) is 6.19. The third-order valence-electron chi connectivity index (χ3n) is 3.51. The molecule has 4 heteroatoms. The van der Waals surface area contributed by atoms with Crippen molar-refractivity contribution in [2.75, 3.05) is 6.26 Å². The molecule has 1 aromatic rings. The fourth-order valence-corrected chi connectivity index (χ4v) is 3.40. The smallest absolute Gasteiger partial charge is 0.0534 e. The molecule has 3 nitrogen and oxygen atoms in total. The Morgan fingerprint density at radius 1 is 1.53 bits per heavy atom. The molecule has 17 heavy (non-hydrogen) atoms. The monoisotopic (exact) mass is 253 g/mol. The molecule has 1 heterocycles. The number of nitrogens with one attached hydrogen (secondary N) is 1. The topological polar surface area (TPSA) is 29.9 Å². The van der Waals surface area contributed by atoms with E-state index < -0.39 is 0 Å². The van der Waals surface area contributed by atoms with Gasteiger partial charge in [0.25, 0.3) is 0 Å². The second kappa shape index (κ2) is 5.91. The van der Waals surface area contributed by atoms with Crippen molar-refractivity contribution in [3.63, 3.8) is 0 Å². The van der Waals surface area contributed by atoms with Crippen molar-refractivity contribution in [2.24, 2.45) is 0 Å². The van der Waals surface area contributed by atoms with E-state index in [2.05, 4.69) is 36.7 Å². The highest BCUT2D eigenvalue weighted by atomic mass is 32.2. The Morgan fingerprint density at radius 3 is 3.00 bits per heavy atom. The summed E-state index contributed by atoms with van der Waals surface area (Å²) in [5.41, 5.74) is 1.30. The molecule has 1 N–H and O–H groups in total.